The van der Waals surface area contributed by atoms with Crippen molar-refractivity contribution in [3.63, 3.8) is 0 Å². The van der Waals surface area contributed by atoms with Crippen molar-refractivity contribution in [1.82, 2.24) is 9.88 Å². The minimum Gasteiger partial charge on any atom is -0.490 e. The second-order valence-corrected chi connectivity index (χ2v) is 6.10. The molecule has 7 heteroatoms. The van der Waals surface area contributed by atoms with Crippen LogP contribution in [-0.4, -0.2) is 47.8 Å². The van der Waals surface area contributed by atoms with Gasteiger partial charge in [0.05, 0.1) is 23.2 Å². The maximum absolute atomic E-state index is 11.9. The zero-order valence-corrected chi connectivity index (χ0v) is 14.3. The minimum absolute atomic E-state index is 0.141. The maximum atomic E-state index is 11.9. The lowest BCUT2D eigenvalue weighted by Crippen LogP contribution is -2.30. The van der Waals surface area contributed by atoms with E-state index in [1.54, 1.807) is 24.3 Å². The van der Waals surface area contributed by atoms with Gasteiger partial charge in [-0.25, -0.2) is 0 Å². The Balaban J connectivity index is 2.03. The van der Waals surface area contributed by atoms with Crippen molar-refractivity contribution in [2.45, 2.75) is 19.5 Å². The lowest BCUT2D eigenvalue weighted by Gasteiger charge is -2.21. The van der Waals surface area contributed by atoms with Gasteiger partial charge in [-0.3, -0.25) is 9.78 Å². The number of methoxy groups -OCH3 is 1. The first-order valence-electron chi connectivity index (χ1n) is 7.70. The molecule has 0 fully saturated rings. The Bertz CT molecular complexity index is 781. The molecule has 1 aliphatic heterocycles. The molecule has 0 saturated heterocycles. The number of ether oxygens (including phenoxy) is 2. The first-order valence-corrected chi connectivity index (χ1v) is 8.07. The van der Waals surface area contributed by atoms with E-state index in [9.17, 15) is 4.79 Å². The van der Waals surface area contributed by atoms with Crippen molar-refractivity contribution < 1.29 is 19.4 Å². The van der Waals surface area contributed by atoms with Gasteiger partial charge < -0.3 is 19.5 Å². The van der Waals surface area contributed by atoms with Gasteiger partial charge in [-0.2, -0.15) is 0 Å². The van der Waals surface area contributed by atoms with Crippen LogP contribution in [0.4, 0.5) is 0 Å². The van der Waals surface area contributed by atoms with Crippen molar-refractivity contribution >= 4 is 28.4 Å². The van der Waals surface area contributed by atoms with E-state index in [1.807, 2.05) is 13.0 Å². The minimum atomic E-state index is -0.499. The third-order valence-electron chi connectivity index (χ3n) is 4.27. The number of amides is 1. The summed E-state index contributed by atoms with van der Waals surface area (Å²) >= 11 is 6.27. The van der Waals surface area contributed by atoms with E-state index in [0.29, 0.717) is 30.5 Å². The first kappa shape index (κ1) is 17.0. The van der Waals surface area contributed by atoms with E-state index in [2.05, 4.69) is 4.98 Å². The summed E-state index contributed by atoms with van der Waals surface area (Å²) in [5, 5.41) is 10.5. The Kier molecular flexibility index (Phi) is 4.89. The molecule has 0 unspecified atom stereocenters. The van der Waals surface area contributed by atoms with Crippen molar-refractivity contribution in [3.05, 3.63) is 34.5 Å². The van der Waals surface area contributed by atoms with E-state index in [4.69, 9.17) is 26.2 Å². The number of nitrogens with zero attached hydrogens (tertiary/aromatic N) is 2. The number of aromatic nitrogens is 1. The highest BCUT2D eigenvalue weighted by Gasteiger charge is 2.32. The third-order valence-corrected chi connectivity index (χ3v) is 4.57. The standard InChI is InChI=1S/C17H19ClN2O4/c1-10-17-11(8-20(10)16(22)9-21)7-19-14-6-13(18)15(5-12(14)17)24-4-3-23-2/h5-7,10,21H,3-4,8-9H2,1-2H3/t10-/m0/s1. The monoisotopic (exact) mass is 350 g/mol. The summed E-state index contributed by atoms with van der Waals surface area (Å²) in [6.07, 6.45) is 1.76. The topological polar surface area (TPSA) is 71.9 Å². The molecule has 6 nitrogen and oxygen atoms in total. The normalized spacial score (nSPS) is 16.5. The fourth-order valence-corrected chi connectivity index (χ4v) is 3.30. The van der Waals surface area contributed by atoms with Crippen LogP contribution in [0.25, 0.3) is 10.9 Å². The van der Waals surface area contributed by atoms with E-state index in [0.717, 1.165) is 22.0 Å². The van der Waals surface area contributed by atoms with Crippen LogP contribution in [-0.2, 0) is 16.1 Å². The average Bonchev–Trinajstić information content (AvgIpc) is 2.92. The maximum Gasteiger partial charge on any atom is 0.249 e. The van der Waals surface area contributed by atoms with Gasteiger partial charge in [-0.1, -0.05) is 11.6 Å². The van der Waals surface area contributed by atoms with E-state index in [1.165, 1.54) is 0 Å². The second kappa shape index (κ2) is 6.93. The number of hydrogen-bond acceptors (Lipinski definition) is 5. The number of carbonyl (C=O) groups excluding carboxylic acids is 1. The summed E-state index contributed by atoms with van der Waals surface area (Å²) < 4.78 is 10.7. The Morgan fingerprint density at radius 2 is 2.25 bits per heavy atom. The fourth-order valence-electron chi connectivity index (χ4n) is 3.09. The molecule has 2 aromatic rings. The van der Waals surface area contributed by atoms with Gasteiger partial charge in [0.2, 0.25) is 5.91 Å². The number of hydrogen-bond donors (Lipinski definition) is 1. The van der Waals surface area contributed by atoms with Gasteiger partial charge in [0.25, 0.3) is 0 Å². The molecule has 128 valence electrons. The van der Waals surface area contributed by atoms with E-state index < -0.39 is 6.61 Å². The summed E-state index contributed by atoms with van der Waals surface area (Å²) in [5.41, 5.74) is 2.75. The van der Waals surface area contributed by atoms with Crippen LogP contribution in [0.15, 0.2) is 18.3 Å². The fraction of sp³-hybridized carbons (Fsp3) is 0.412. The number of rotatable bonds is 5. The molecule has 1 aromatic heterocycles. The first-order chi connectivity index (χ1) is 11.6. The number of carbonyl (C=O) groups is 1. The molecular formula is C17H19ClN2O4. The zero-order valence-electron chi connectivity index (χ0n) is 13.6. The highest BCUT2D eigenvalue weighted by atomic mass is 35.5. The van der Waals surface area contributed by atoms with Gasteiger partial charge in [-0.15, -0.1) is 0 Å². The molecule has 1 amide bonds. The summed E-state index contributed by atoms with van der Waals surface area (Å²) in [6, 6.07) is 3.49. The van der Waals surface area contributed by atoms with Gasteiger partial charge in [0.15, 0.2) is 0 Å². The van der Waals surface area contributed by atoms with Crippen LogP contribution in [0.2, 0.25) is 5.02 Å². The lowest BCUT2D eigenvalue weighted by molar-refractivity contribution is -0.136. The van der Waals surface area contributed by atoms with Crippen molar-refractivity contribution in [2.24, 2.45) is 0 Å². The van der Waals surface area contributed by atoms with Crippen LogP contribution >= 0.6 is 11.6 Å². The Hall–Kier alpha value is -1.89. The molecule has 0 bridgehead atoms. The van der Waals surface area contributed by atoms with Gasteiger partial charge in [0.1, 0.15) is 19.0 Å². The molecule has 0 radical (unpaired) electrons. The summed E-state index contributed by atoms with van der Waals surface area (Å²) in [7, 11) is 1.61. The van der Waals surface area contributed by atoms with Crippen molar-refractivity contribution in [2.75, 3.05) is 26.9 Å². The quantitative estimate of drug-likeness (QED) is 0.838. The molecule has 1 aromatic carbocycles. The molecule has 1 atom stereocenters. The van der Waals surface area contributed by atoms with Gasteiger partial charge >= 0.3 is 0 Å². The average molecular weight is 351 g/mol. The molecular weight excluding hydrogens is 332 g/mol. The number of aliphatic hydroxyl groups is 1. The molecule has 0 saturated carbocycles. The lowest BCUT2D eigenvalue weighted by atomic mass is 10.0. The summed E-state index contributed by atoms with van der Waals surface area (Å²) in [5.74, 6) is 0.271. The molecule has 2 heterocycles. The Labute approximate surface area is 144 Å². The van der Waals surface area contributed by atoms with Gasteiger partial charge in [-0.05, 0) is 30.2 Å². The number of pyridine rings is 1. The molecule has 24 heavy (non-hydrogen) atoms. The second-order valence-electron chi connectivity index (χ2n) is 5.69. The summed E-state index contributed by atoms with van der Waals surface area (Å²) in [4.78, 5) is 18.0. The summed E-state index contributed by atoms with van der Waals surface area (Å²) in [6.45, 7) is 2.75. The van der Waals surface area contributed by atoms with Crippen LogP contribution in [0.5, 0.6) is 5.75 Å². The van der Waals surface area contributed by atoms with Crippen LogP contribution in [0.3, 0.4) is 0 Å². The molecule has 0 aliphatic carbocycles. The largest absolute Gasteiger partial charge is 0.490 e. The van der Waals surface area contributed by atoms with Crippen LogP contribution in [0.1, 0.15) is 24.1 Å². The van der Waals surface area contributed by atoms with Gasteiger partial charge in [0, 0.05) is 25.2 Å². The Morgan fingerprint density at radius 1 is 1.46 bits per heavy atom. The molecule has 0 spiro atoms. The van der Waals surface area contributed by atoms with Crippen molar-refractivity contribution in [1.29, 1.82) is 0 Å². The van der Waals surface area contributed by atoms with Crippen LogP contribution in [0, 0.1) is 0 Å². The van der Waals surface area contributed by atoms with Crippen LogP contribution < -0.4 is 4.74 Å². The highest BCUT2D eigenvalue weighted by molar-refractivity contribution is 6.32. The van der Waals surface area contributed by atoms with E-state index in [-0.39, 0.29) is 11.9 Å². The molecule has 1 N–H and O–H groups in total. The number of aliphatic hydroxyl groups excluding tert-OH is 1. The number of benzene rings is 1. The SMILES string of the molecule is COCCOc1cc2c3c(cnc2cc1Cl)CN(C(=O)CO)[C@H]3C. The third kappa shape index (κ3) is 2.92. The number of fused-ring (bicyclic) bond motifs is 3. The predicted molar refractivity (Wildman–Crippen MR) is 90.2 cm³/mol. The smallest absolute Gasteiger partial charge is 0.249 e. The predicted octanol–water partition coefficient (Wildman–Crippen LogP) is 2.31. The Morgan fingerprint density at radius 3 is 2.96 bits per heavy atom. The molecule has 3 rings (SSSR count). The molecule has 1 aliphatic rings. The highest BCUT2D eigenvalue weighted by Crippen LogP contribution is 2.40. The number of halogens is 1. The van der Waals surface area contributed by atoms with E-state index >= 15 is 0 Å². The zero-order chi connectivity index (χ0) is 17.3. The van der Waals surface area contributed by atoms with Crippen molar-refractivity contribution in [3.8, 4) is 5.75 Å².